The van der Waals surface area contributed by atoms with Crippen LogP contribution in [0.25, 0.3) is 0 Å². The van der Waals surface area contributed by atoms with E-state index in [1.807, 2.05) is 0 Å². The Kier molecular flexibility index (Phi) is 70.9. The maximum absolute atomic E-state index is 8.06. The van der Waals surface area contributed by atoms with Crippen LogP contribution >= 0.6 is 0 Å². The summed E-state index contributed by atoms with van der Waals surface area (Å²) in [5.74, 6) is 0. The van der Waals surface area contributed by atoms with Gasteiger partial charge in [0.05, 0.1) is 0 Å². The van der Waals surface area contributed by atoms with Gasteiger partial charge in [0.15, 0.2) is 0 Å². The second-order valence-electron chi connectivity index (χ2n) is 0. The van der Waals surface area contributed by atoms with E-state index in [1.54, 1.807) is 10.1 Å². The number of hydrogen-bond acceptors (Lipinski definition) is 1. The van der Waals surface area contributed by atoms with E-state index in [9.17, 15) is 0 Å². The first kappa shape index (κ1) is 16.0. The Balaban J connectivity index is -0.00000000500. The van der Waals surface area contributed by atoms with Crippen molar-refractivity contribution < 1.29 is 80.0 Å². The summed E-state index contributed by atoms with van der Waals surface area (Å²) in [6.07, 6.45) is 0. The van der Waals surface area contributed by atoms with Crippen molar-refractivity contribution in [1.82, 2.24) is 0 Å². The summed E-state index contributed by atoms with van der Waals surface area (Å²) in [6.45, 7) is 0. The average molecular weight is 340 g/mol. The van der Waals surface area contributed by atoms with Gasteiger partial charge in [-0.2, -0.15) is 0 Å². The van der Waals surface area contributed by atoms with Gasteiger partial charge < -0.3 is 4.46 Å². The van der Waals surface area contributed by atoms with Crippen molar-refractivity contribution in [2.24, 2.45) is 0 Å². The predicted octanol–water partition coefficient (Wildman–Crippen LogP) is -0.500. The SMILES string of the molecule is O=[Si].[Gd].[La]. The normalized spacial score (nSPS) is 1.00. The van der Waals surface area contributed by atoms with Crippen molar-refractivity contribution in [3.8, 4) is 0 Å². The fourth-order valence-corrected chi connectivity index (χ4v) is 0. The first-order valence-electron chi connectivity index (χ1n) is 0.204. The fourth-order valence-electron chi connectivity index (χ4n) is 0. The molecule has 1 nitrogen and oxygen atoms in total. The smallest absolute Gasteiger partial charge is 0.381 e. The van der Waals surface area contributed by atoms with Crippen LogP contribution in [-0.2, 0) is 4.46 Å². The van der Waals surface area contributed by atoms with E-state index >= 15 is 0 Å². The fraction of sp³-hybridized carbons (Fsp3) is 0. The van der Waals surface area contributed by atoms with Crippen molar-refractivity contribution >= 4 is 10.1 Å². The van der Waals surface area contributed by atoms with Gasteiger partial charge in [-0.3, -0.25) is 0 Å². The molecular formula is GdLaOSi. The average Bonchev–Trinajstić information content (AvgIpc) is 1.00. The van der Waals surface area contributed by atoms with E-state index in [2.05, 4.69) is 0 Å². The summed E-state index contributed by atoms with van der Waals surface area (Å²) in [4.78, 5) is 0. The van der Waals surface area contributed by atoms with Crippen molar-refractivity contribution in [3.05, 3.63) is 0 Å². The van der Waals surface area contributed by atoms with Crippen LogP contribution < -0.4 is 0 Å². The van der Waals surface area contributed by atoms with Crippen molar-refractivity contribution in [1.29, 1.82) is 0 Å². The number of hydrogen-bond donors (Lipinski definition) is 0. The quantitative estimate of drug-likeness (QED) is 0.544. The zero-order chi connectivity index (χ0) is 2.00. The molecule has 0 fully saturated rings. The molecular weight excluding hydrogens is 340 g/mol. The third-order valence-electron chi connectivity index (χ3n) is 0. The molecule has 4 heteroatoms. The first-order valence-corrected chi connectivity index (χ1v) is 0.612. The summed E-state index contributed by atoms with van der Waals surface area (Å²) in [7, 11) is 1.72. The van der Waals surface area contributed by atoms with Crippen molar-refractivity contribution in [3.63, 3.8) is 0 Å². The van der Waals surface area contributed by atoms with E-state index in [0.29, 0.717) is 0 Å². The predicted molar refractivity (Wildman–Crippen MR) is 6.44 cm³/mol. The minimum absolute atomic E-state index is 0. The monoisotopic (exact) mass is 341 g/mol. The van der Waals surface area contributed by atoms with Crippen LogP contribution in [0.15, 0.2) is 0 Å². The van der Waals surface area contributed by atoms with E-state index in [4.69, 9.17) is 4.46 Å². The maximum atomic E-state index is 8.06. The molecule has 0 spiro atoms. The van der Waals surface area contributed by atoms with Crippen LogP contribution in [-0.4, -0.2) is 10.1 Å². The standard InChI is InChI=1S/Gd.La.OSi/c;;1-2. The van der Waals surface area contributed by atoms with E-state index in [-0.39, 0.29) is 75.5 Å². The molecule has 0 N–H and O–H groups in total. The summed E-state index contributed by atoms with van der Waals surface area (Å²) in [6, 6.07) is 0. The Bertz CT molecular complexity index is 8.00. The van der Waals surface area contributed by atoms with Crippen LogP contribution in [0.3, 0.4) is 0 Å². The Labute approximate surface area is 88.1 Å². The minimum atomic E-state index is 0. The molecule has 4 heavy (non-hydrogen) atoms. The van der Waals surface area contributed by atoms with E-state index < -0.39 is 0 Å². The minimum Gasteiger partial charge on any atom is -0.381 e. The third kappa shape index (κ3) is 8.82. The van der Waals surface area contributed by atoms with Gasteiger partial charge in [0.1, 0.15) is 0 Å². The largest absolute Gasteiger partial charge is 0.381 e. The van der Waals surface area contributed by atoms with Gasteiger partial charge in [-0.15, -0.1) is 0 Å². The molecule has 0 atom stereocenters. The van der Waals surface area contributed by atoms with Gasteiger partial charge in [-0.1, -0.05) is 0 Å². The Morgan fingerprint density at radius 1 is 1.25 bits per heavy atom. The van der Waals surface area contributed by atoms with Crippen LogP contribution in [0.2, 0.25) is 0 Å². The maximum Gasteiger partial charge on any atom is 0.381 e. The summed E-state index contributed by atoms with van der Waals surface area (Å²) in [5, 5.41) is 0. The molecule has 0 saturated heterocycles. The molecule has 0 rings (SSSR count). The van der Waals surface area contributed by atoms with Gasteiger partial charge in [0.25, 0.3) is 0 Å². The van der Waals surface area contributed by atoms with E-state index in [1.165, 1.54) is 0 Å². The third-order valence-corrected chi connectivity index (χ3v) is 0. The van der Waals surface area contributed by atoms with Crippen LogP contribution in [0.1, 0.15) is 0 Å². The molecule has 0 heterocycles. The Hall–Kier alpha value is 2.54. The molecule has 3 radical (unpaired) electrons. The van der Waals surface area contributed by atoms with Gasteiger partial charge in [-0.25, -0.2) is 0 Å². The number of rotatable bonds is 0. The molecule has 0 aromatic heterocycles. The van der Waals surface area contributed by atoms with Crippen LogP contribution in [0.5, 0.6) is 0 Å². The molecule has 0 bridgehead atoms. The van der Waals surface area contributed by atoms with Crippen LogP contribution in [0.4, 0.5) is 0 Å². The Morgan fingerprint density at radius 2 is 1.25 bits per heavy atom. The summed E-state index contributed by atoms with van der Waals surface area (Å²) in [5.41, 5.74) is 0. The summed E-state index contributed by atoms with van der Waals surface area (Å²) < 4.78 is 8.06. The van der Waals surface area contributed by atoms with Crippen LogP contribution in [0, 0.1) is 75.5 Å². The molecule has 0 aromatic carbocycles. The van der Waals surface area contributed by atoms with E-state index in [0.717, 1.165) is 0 Å². The molecule has 0 unspecified atom stereocenters. The zero-order valence-electron chi connectivity index (χ0n) is 1.84. The molecule has 0 aliphatic heterocycles. The van der Waals surface area contributed by atoms with Crippen molar-refractivity contribution in [2.45, 2.75) is 0 Å². The summed E-state index contributed by atoms with van der Waals surface area (Å²) >= 11 is 0. The molecule has 0 amide bonds. The first-order chi connectivity index (χ1) is 1.00. The molecule has 0 aromatic rings. The molecule has 0 aliphatic rings. The Morgan fingerprint density at radius 3 is 1.25 bits per heavy atom. The van der Waals surface area contributed by atoms with Gasteiger partial charge in [-0.05, 0) is 0 Å². The zero-order valence-corrected chi connectivity index (χ0v) is 8.73. The van der Waals surface area contributed by atoms with Gasteiger partial charge >= 0.3 is 10.1 Å². The molecule has 21 valence electrons. The van der Waals surface area contributed by atoms with Crippen molar-refractivity contribution in [2.75, 3.05) is 0 Å². The second kappa shape index (κ2) is 17.7. The van der Waals surface area contributed by atoms with Gasteiger partial charge in [0.2, 0.25) is 0 Å². The second-order valence-corrected chi connectivity index (χ2v) is 0. The topological polar surface area (TPSA) is 17.1 Å². The molecule has 0 saturated carbocycles. The molecule has 0 aliphatic carbocycles. The van der Waals surface area contributed by atoms with Gasteiger partial charge in [0, 0.05) is 75.5 Å².